The number of hydrogen-bond donors (Lipinski definition) is 2. The second-order valence-electron chi connectivity index (χ2n) is 3.08. The van der Waals surface area contributed by atoms with Gasteiger partial charge in [0.25, 0.3) is 5.91 Å². The van der Waals surface area contributed by atoms with Crippen LogP contribution in [0.25, 0.3) is 0 Å². The van der Waals surface area contributed by atoms with Crippen LogP contribution in [0.5, 0.6) is 0 Å². The Labute approximate surface area is 96.2 Å². The highest BCUT2D eigenvalue weighted by molar-refractivity contribution is 6.34. The molecule has 6 heteroatoms. The van der Waals surface area contributed by atoms with Crippen molar-refractivity contribution < 1.29 is 9.32 Å². The number of anilines is 2. The first kappa shape index (κ1) is 10.5. The van der Waals surface area contributed by atoms with Crippen LogP contribution in [0.15, 0.2) is 35.1 Å². The van der Waals surface area contributed by atoms with Gasteiger partial charge < -0.3 is 15.6 Å². The number of nitrogen functional groups attached to an aromatic ring is 1. The van der Waals surface area contributed by atoms with Crippen molar-refractivity contribution in [2.75, 3.05) is 11.1 Å². The van der Waals surface area contributed by atoms with Crippen LogP contribution in [-0.2, 0) is 0 Å². The predicted molar refractivity (Wildman–Crippen MR) is 60.3 cm³/mol. The number of nitrogens with zero attached hydrogens (tertiary/aromatic N) is 1. The summed E-state index contributed by atoms with van der Waals surface area (Å²) in [5, 5.41) is 6.40. The lowest BCUT2D eigenvalue weighted by molar-refractivity contribution is 0.102. The van der Waals surface area contributed by atoms with Gasteiger partial charge in [-0.1, -0.05) is 16.8 Å². The number of carbonyl (C=O) groups excluding carboxylic acids is 1. The fourth-order valence-electron chi connectivity index (χ4n) is 1.18. The van der Waals surface area contributed by atoms with Gasteiger partial charge in [0.05, 0.1) is 10.6 Å². The zero-order chi connectivity index (χ0) is 11.5. The molecule has 0 atom stereocenters. The van der Waals surface area contributed by atoms with Gasteiger partial charge in [0.1, 0.15) is 6.26 Å². The lowest BCUT2D eigenvalue weighted by Crippen LogP contribution is -2.13. The molecule has 2 rings (SSSR count). The SMILES string of the molecule is Nc1ccc(Cl)c(C(=O)Nc2ccon2)c1. The van der Waals surface area contributed by atoms with Gasteiger partial charge in [-0.15, -0.1) is 0 Å². The van der Waals surface area contributed by atoms with Gasteiger partial charge in [-0.2, -0.15) is 0 Å². The average molecular weight is 238 g/mol. The summed E-state index contributed by atoms with van der Waals surface area (Å²) in [6.45, 7) is 0. The number of halogens is 1. The summed E-state index contributed by atoms with van der Waals surface area (Å²) < 4.78 is 4.58. The van der Waals surface area contributed by atoms with E-state index in [0.29, 0.717) is 22.1 Å². The minimum atomic E-state index is -0.383. The number of nitrogens with one attached hydrogen (secondary N) is 1. The fourth-order valence-corrected chi connectivity index (χ4v) is 1.38. The topological polar surface area (TPSA) is 81.2 Å². The van der Waals surface area contributed by atoms with Gasteiger partial charge in [0, 0.05) is 11.8 Å². The number of carbonyl (C=O) groups is 1. The number of rotatable bonds is 2. The van der Waals surface area contributed by atoms with E-state index in [1.807, 2.05) is 0 Å². The molecule has 0 bridgehead atoms. The van der Waals surface area contributed by atoms with Gasteiger partial charge in [0.2, 0.25) is 0 Å². The van der Waals surface area contributed by atoms with Crippen molar-refractivity contribution >= 4 is 29.0 Å². The number of nitrogens with two attached hydrogens (primary N) is 1. The van der Waals surface area contributed by atoms with Crippen LogP contribution in [0, 0.1) is 0 Å². The lowest BCUT2D eigenvalue weighted by atomic mass is 10.2. The Morgan fingerprint density at radius 3 is 2.94 bits per heavy atom. The lowest BCUT2D eigenvalue weighted by Gasteiger charge is -2.04. The van der Waals surface area contributed by atoms with Crippen LogP contribution < -0.4 is 11.1 Å². The smallest absolute Gasteiger partial charge is 0.258 e. The van der Waals surface area contributed by atoms with E-state index in [1.54, 1.807) is 12.1 Å². The Hall–Kier alpha value is -2.01. The molecule has 0 saturated heterocycles. The zero-order valence-electron chi connectivity index (χ0n) is 8.11. The molecule has 0 saturated carbocycles. The quantitative estimate of drug-likeness (QED) is 0.785. The van der Waals surface area contributed by atoms with Crippen LogP contribution in [-0.4, -0.2) is 11.1 Å². The number of benzene rings is 1. The molecule has 1 aromatic heterocycles. The molecule has 5 nitrogen and oxygen atoms in total. The molecule has 1 amide bonds. The molecule has 0 aliphatic heterocycles. The van der Waals surface area contributed by atoms with E-state index in [1.165, 1.54) is 18.4 Å². The summed E-state index contributed by atoms with van der Waals surface area (Å²) in [6.07, 6.45) is 1.36. The van der Waals surface area contributed by atoms with E-state index < -0.39 is 0 Å². The molecule has 82 valence electrons. The maximum absolute atomic E-state index is 11.8. The summed E-state index contributed by atoms with van der Waals surface area (Å²) >= 11 is 5.87. The van der Waals surface area contributed by atoms with Crippen LogP contribution >= 0.6 is 11.6 Å². The van der Waals surface area contributed by atoms with Crippen LogP contribution in [0.1, 0.15) is 10.4 Å². The Kier molecular flexibility index (Phi) is 2.78. The minimum absolute atomic E-state index is 0.296. The fraction of sp³-hybridized carbons (Fsp3) is 0. The van der Waals surface area contributed by atoms with Crippen LogP contribution in [0.2, 0.25) is 5.02 Å². The molecule has 0 fully saturated rings. The monoisotopic (exact) mass is 237 g/mol. The third-order valence-electron chi connectivity index (χ3n) is 1.91. The Morgan fingerprint density at radius 1 is 1.44 bits per heavy atom. The molecule has 0 aliphatic rings. The average Bonchev–Trinajstić information content (AvgIpc) is 2.74. The molecule has 1 heterocycles. The largest absolute Gasteiger partial charge is 0.399 e. The first-order valence-corrected chi connectivity index (χ1v) is 4.81. The molecule has 0 spiro atoms. The zero-order valence-corrected chi connectivity index (χ0v) is 8.86. The molecular formula is C10H8ClN3O2. The van der Waals surface area contributed by atoms with Crippen molar-refractivity contribution in [3.8, 4) is 0 Å². The summed E-state index contributed by atoms with van der Waals surface area (Å²) in [4.78, 5) is 11.8. The molecule has 0 radical (unpaired) electrons. The van der Waals surface area contributed by atoms with E-state index in [-0.39, 0.29) is 5.91 Å². The van der Waals surface area contributed by atoms with Crippen LogP contribution in [0.3, 0.4) is 0 Å². The maximum Gasteiger partial charge on any atom is 0.258 e. The molecule has 16 heavy (non-hydrogen) atoms. The summed E-state index contributed by atoms with van der Waals surface area (Å²) in [6, 6.07) is 6.21. The molecule has 0 unspecified atom stereocenters. The van der Waals surface area contributed by atoms with Crippen molar-refractivity contribution in [3.05, 3.63) is 41.1 Å². The van der Waals surface area contributed by atoms with Gasteiger partial charge >= 0.3 is 0 Å². The van der Waals surface area contributed by atoms with Crippen LogP contribution in [0.4, 0.5) is 11.5 Å². The Balaban J connectivity index is 2.24. The molecule has 0 aliphatic carbocycles. The van der Waals surface area contributed by atoms with Crippen molar-refractivity contribution in [1.82, 2.24) is 5.16 Å². The van der Waals surface area contributed by atoms with E-state index >= 15 is 0 Å². The third-order valence-corrected chi connectivity index (χ3v) is 2.24. The van der Waals surface area contributed by atoms with Crippen molar-refractivity contribution in [1.29, 1.82) is 0 Å². The molecular weight excluding hydrogens is 230 g/mol. The molecule has 3 N–H and O–H groups in total. The Morgan fingerprint density at radius 2 is 2.25 bits per heavy atom. The number of hydrogen-bond acceptors (Lipinski definition) is 4. The maximum atomic E-state index is 11.8. The summed E-state index contributed by atoms with van der Waals surface area (Å²) in [7, 11) is 0. The molecule has 1 aromatic carbocycles. The normalized spacial score (nSPS) is 10.1. The van der Waals surface area contributed by atoms with E-state index in [9.17, 15) is 4.79 Å². The van der Waals surface area contributed by atoms with E-state index in [0.717, 1.165) is 0 Å². The van der Waals surface area contributed by atoms with Crippen molar-refractivity contribution in [3.63, 3.8) is 0 Å². The van der Waals surface area contributed by atoms with Crippen molar-refractivity contribution in [2.24, 2.45) is 0 Å². The molecule has 2 aromatic rings. The van der Waals surface area contributed by atoms with Gasteiger partial charge in [-0.3, -0.25) is 4.79 Å². The van der Waals surface area contributed by atoms with Gasteiger partial charge in [-0.25, -0.2) is 0 Å². The second-order valence-corrected chi connectivity index (χ2v) is 3.49. The second kappa shape index (κ2) is 4.24. The highest BCUT2D eigenvalue weighted by Crippen LogP contribution is 2.19. The van der Waals surface area contributed by atoms with E-state index in [2.05, 4.69) is 15.0 Å². The standard InChI is InChI=1S/C10H8ClN3O2/c11-8-2-1-6(12)5-7(8)10(15)13-9-3-4-16-14-9/h1-5H,12H2,(H,13,14,15). The first-order chi connectivity index (χ1) is 7.66. The predicted octanol–water partition coefficient (Wildman–Crippen LogP) is 2.16. The minimum Gasteiger partial charge on any atom is -0.399 e. The van der Waals surface area contributed by atoms with Gasteiger partial charge in [-0.05, 0) is 18.2 Å². The van der Waals surface area contributed by atoms with E-state index in [4.69, 9.17) is 17.3 Å². The first-order valence-electron chi connectivity index (χ1n) is 4.43. The highest BCUT2D eigenvalue weighted by Gasteiger charge is 2.11. The number of aromatic nitrogens is 1. The number of amides is 1. The summed E-state index contributed by atoms with van der Waals surface area (Å²) in [5.74, 6) is -0.0605. The highest BCUT2D eigenvalue weighted by atomic mass is 35.5. The third kappa shape index (κ3) is 2.14. The summed E-state index contributed by atoms with van der Waals surface area (Å²) in [5.41, 5.74) is 6.33. The Bertz CT molecular complexity index is 511. The van der Waals surface area contributed by atoms with Crippen molar-refractivity contribution in [2.45, 2.75) is 0 Å². The van der Waals surface area contributed by atoms with Gasteiger partial charge in [0.15, 0.2) is 5.82 Å².